The first-order chi connectivity index (χ1) is 7.97. The number of ketones is 1. The Balaban J connectivity index is 3.50. The van der Waals surface area contributed by atoms with Crippen molar-refractivity contribution in [1.29, 1.82) is 0 Å². The van der Waals surface area contributed by atoms with Crippen molar-refractivity contribution in [2.45, 2.75) is 39.7 Å². The van der Waals surface area contributed by atoms with E-state index >= 15 is 0 Å². The molecule has 0 radical (unpaired) electrons. The second-order valence-corrected chi connectivity index (χ2v) is 4.26. The Morgan fingerprint density at radius 2 is 1.88 bits per heavy atom. The van der Waals surface area contributed by atoms with E-state index in [1.165, 1.54) is 7.11 Å². The number of alkyl carbamates (subject to hydrolysis) is 1. The van der Waals surface area contributed by atoms with E-state index in [1.54, 1.807) is 0 Å². The van der Waals surface area contributed by atoms with Crippen LogP contribution < -0.4 is 5.32 Å². The Hall–Kier alpha value is -1.10. The molecule has 0 aromatic carbocycles. The smallest absolute Gasteiger partial charge is 0.406 e. The lowest BCUT2D eigenvalue weighted by Gasteiger charge is -2.13. The van der Waals surface area contributed by atoms with Crippen LogP contribution in [-0.2, 0) is 14.3 Å². The molecule has 0 aliphatic carbocycles. The van der Waals surface area contributed by atoms with Gasteiger partial charge in [0.05, 0.1) is 19.8 Å². The van der Waals surface area contributed by atoms with Crippen LogP contribution >= 0.6 is 0 Å². The number of hydrogen-bond acceptors (Lipinski definition) is 4. The number of hydrogen-bond donors (Lipinski definition) is 1. The van der Waals surface area contributed by atoms with Crippen LogP contribution in [0.15, 0.2) is 0 Å². The number of rotatable bonds is 8. The summed E-state index contributed by atoms with van der Waals surface area (Å²) in [6, 6.07) is 0. The number of nitrogens with one attached hydrogen (secondary N) is 1. The van der Waals surface area contributed by atoms with E-state index in [0.29, 0.717) is 26.0 Å². The van der Waals surface area contributed by atoms with Crippen molar-refractivity contribution in [2.24, 2.45) is 5.92 Å². The molecule has 1 amide bonds. The average Bonchev–Trinajstić information content (AvgIpc) is 2.28. The zero-order valence-corrected chi connectivity index (χ0v) is 11.1. The summed E-state index contributed by atoms with van der Waals surface area (Å²) in [6.07, 6.45) is 0.733. The van der Waals surface area contributed by atoms with E-state index in [2.05, 4.69) is 10.1 Å². The number of carbonyl (C=O) groups is 2. The molecule has 0 aliphatic heterocycles. The Kier molecular flexibility index (Phi) is 8.40. The van der Waals surface area contributed by atoms with Gasteiger partial charge in [-0.1, -0.05) is 13.8 Å². The van der Waals surface area contributed by atoms with Gasteiger partial charge in [0, 0.05) is 18.9 Å². The van der Waals surface area contributed by atoms with Gasteiger partial charge >= 0.3 is 6.09 Å². The number of amides is 1. The van der Waals surface area contributed by atoms with E-state index in [1.807, 2.05) is 20.8 Å². The van der Waals surface area contributed by atoms with Gasteiger partial charge in [-0.05, 0) is 13.3 Å². The molecule has 1 unspecified atom stereocenters. The third-order valence-electron chi connectivity index (χ3n) is 2.40. The third kappa shape index (κ3) is 8.68. The SMILES string of the molecule is COC(=O)NCCC(C)OCCC(=O)C(C)C. The molecule has 0 fully saturated rings. The average molecular weight is 245 g/mol. The van der Waals surface area contributed by atoms with E-state index in [4.69, 9.17) is 4.74 Å². The van der Waals surface area contributed by atoms with Gasteiger partial charge in [0.25, 0.3) is 0 Å². The minimum Gasteiger partial charge on any atom is -0.453 e. The maximum atomic E-state index is 11.3. The molecule has 0 heterocycles. The largest absolute Gasteiger partial charge is 0.453 e. The molecule has 1 atom stereocenters. The molecule has 0 spiro atoms. The highest BCUT2D eigenvalue weighted by molar-refractivity contribution is 5.80. The quantitative estimate of drug-likeness (QED) is 0.707. The minimum atomic E-state index is -0.438. The first-order valence-corrected chi connectivity index (χ1v) is 5.93. The summed E-state index contributed by atoms with van der Waals surface area (Å²) in [5.74, 6) is 0.278. The van der Waals surface area contributed by atoms with Crippen LogP contribution in [0.3, 0.4) is 0 Å². The van der Waals surface area contributed by atoms with Gasteiger partial charge in [-0.25, -0.2) is 4.79 Å². The lowest BCUT2D eigenvalue weighted by molar-refractivity contribution is -0.123. The molecule has 0 saturated heterocycles. The van der Waals surface area contributed by atoms with Crippen LogP contribution in [0.2, 0.25) is 0 Å². The summed E-state index contributed by atoms with van der Waals surface area (Å²) in [6.45, 7) is 6.62. The summed E-state index contributed by atoms with van der Waals surface area (Å²) in [5, 5.41) is 2.57. The molecule has 0 bridgehead atoms. The van der Waals surface area contributed by atoms with Gasteiger partial charge in [-0.2, -0.15) is 0 Å². The Labute approximate surface area is 103 Å². The Bertz CT molecular complexity index is 241. The van der Waals surface area contributed by atoms with Crippen molar-refractivity contribution in [3.63, 3.8) is 0 Å². The fourth-order valence-corrected chi connectivity index (χ4v) is 1.18. The monoisotopic (exact) mass is 245 g/mol. The molecule has 0 saturated carbocycles. The summed E-state index contributed by atoms with van der Waals surface area (Å²) >= 11 is 0. The van der Waals surface area contributed by atoms with Crippen LogP contribution in [0, 0.1) is 5.92 Å². The fraction of sp³-hybridized carbons (Fsp3) is 0.833. The number of carbonyl (C=O) groups excluding carboxylic acids is 2. The maximum Gasteiger partial charge on any atom is 0.406 e. The van der Waals surface area contributed by atoms with Gasteiger partial charge in [-0.15, -0.1) is 0 Å². The highest BCUT2D eigenvalue weighted by Gasteiger charge is 2.08. The highest BCUT2D eigenvalue weighted by Crippen LogP contribution is 2.02. The molecule has 1 N–H and O–H groups in total. The van der Waals surface area contributed by atoms with E-state index in [9.17, 15) is 9.59 Å². The van der Waals surface area contributed by atoms with Crippen molar-refractivity contribution >= 4 is 11.9 Å². The topological polar surface area (TPSA) is 64.6 Å². The van der Waals surface area contributed by atoms with Gasteiger partial charge in [0.1, 0.15) is 5.78 Å². The fourth-order valence-electron chi connectivity index (χ4n) is 1.18. The van der Waals surface area contributed by atoms with E-state index in [0.717, 1.165) is 0 Å². The third-order valence-corrected chi connectivity index (χ3v) is 2.40. The summed E-state index contributed by atoms with van der Waals surface area (Å²) in [4.78, 5) is 22.1. The van der Waals surface area contributed by atoms with Crippen molar-refractivity contribution in [3.8, 4) is 0 Å². The van der Waals surface area contributed by atoms with Crippen LogP contribution in [-0.4, -0.2) is 38.2 Å². The lowest BCUT2D eigenvalue weighted by Crippen LogP contribution is -2.27. The van der Waals surface area contributed by atoms with Crippen LogP contribution in [0.5, 0.6) is 0 Å². The maximum absolute atomic E-state index is 11.3. The molecule has 0 aromatic rings. The Morgan fingerprint density at radius 3 is 2.41 bits per heavy atom. The second-order valence-electron chi connectivity index (χ2n) is 4.26. The molecule has 17 heavy (non-hydrogen) atoms. The first-order valence-electron chi connectivity index (χ1n) is 5.93. The van der Waals surface area contributed by atoms with Gasteiger partial charge in [0.15, 0.2) is 0 Å². The van der Waals surface area contributed by atoms with Gasteiger partial charge in [0.2, 0.25) is 0 Å². The van der Waals surface area contributed by atoms with E-state index in [-0.39, 0.29) is 17.8 Å². The molecular formula is C12H23NO4. The lowest BCUT2D eigenvalue weighted by atomic mass is 10.1. The zero-order chi connectivity index (χ0) is 13.3. The first kappa shape index (κ1) is 15.9. The standard InChI is InChI=1S/C12H23NO4/c1-9(2)11(14)6-8-17-10(3)5-7-13-12(15)16-4/h9-10H,5-8H2,1-4H3,(H,13,15). The minimum absolute atomic E-state index is 0.0205. The molecule has 0 aliphatic rings. The summed E-state index contributed by atoms with van der Waals surface area (Å²) in [7, 11) is 1.33. The molecular weight excluding hydrogens is 222 g/mol. The molecule has 5 heteroatoms. The number of methoxy groups -OCH3 is 1. The highest BCUT2D eigenvalue weighted by atomic mass is 16.5. The molecule has 0 aromatic heterocycles. The van der Waals surface area contributed by atoms with Crippen LogP contribution in [0.4, 0.5) is 4.79 Å². The normalized spacial score (nSPS) is 12.3. The van der Waals surface area contributed by atoms with Crippen LogP contribution in [0.25, 0.3) is 0 Å². The number of Topliss-reactive ketones (excluding diaryl/α,β-unsaturated/α-hetero) is 1. The van der Waals surface area contributed by atoms with Crippen molar-refractivity contribution in [2.75, 3.05) is 20.3 Å². The van der Waals surface area contributed by atoms with E-state index < -0.39 is 6.09 Å². The molecule has 5 nitrogen and oxygen atoms in total. The zero-order valence-electron chi connectivity index (χ0n) is 11.1. The number of ether oxygens (including phenoxy) is 2. The summed E-state index contributed by atoms with van der Waals surface area (Å²) in [5.41, 5.74) is 0. The van der Waals surface area contributed by atoms with Crippen molar-refractivity contribution < 1.29 is 19.1 Å². The second kappa shape index (κ2) is 8.98. The predicted molar refractivity (Wildman–Crippen MR) is 64.9 cm³/mol. The molecule has 100 valence electrons. The van der Waals surface area contributed by atoms with Crippen molar-refractivity contribution in [1.82, 2.24) is 5.32 Å². The Morgan fingerprint density at radius 1 is 1.24 bits per heavy atom. The van der Waals surface area contributed by atoms with Gasteiger partial charge in [-0.3, -0.25) is 4.79 Å². The predicted octanol–water partition coefficient (Wildman–Crippen LogP) is 1.75. The summed E-state index contributed by atoms with van der Waals surface area (Å²) < 4.78 is 9.90. The van der Waals surface area contributed by atoms with Crippen LogP contribution in [0.1, 0.15) is 33.6 Å². The molecule has 0 rings (SSSR count). The van der Waals surface area contributed by atoms with Gasteiger partial charge < -0.3 is 14.8 Å². The van der Waals surface area contributed by atoms with Crippen molar-refractivity contribution in [3.05, 3.63) is 0 Å².